The second-order valence-corrected chi connectivity index (χ2v) is 8.84. The van der Waals surface area contributed by atoms with Crippen molar-refractivity contribution in [1.29, 1.82) is 0 Å². The van der Waals surface area contributed by atoms with Crippen molar-refractivity contribution in [2.24, 2.45) is 5.92 Å². The Morgan fingerprint density at radius 1 is 1.03 bits per heavy atom. The molecule has 4 heteroatoms. The summed E-state index contributed by atoms with van der Waals surface area (Å²) in [6.45, 7) is 2.89. The van der Waals surface area contributed by atoms with Gasteiger partial charge in [-0.15, -0.1) is 0 Å². The molecule has 2 aliphatic rings. The number of nitrogens with zero attached hydrogens (tertiary/aromatic N) is 1. The molecule has 1 saturated carbocycles. The highest BCUT2D eigenvalue weighted by atomic mass is 16.3. The van der Waals surface area contributed by atoms with Crippen LogP contribution in [0.3, 0.4) is 0 Å². The first kappa shape index (κ1) is 20.1. The van der Waals surface area contributed by atoms with Gasteiger partial charge < -0.3 is 10.0 Å². The molecule has 1 amide bonds. The number of aryl methyl sites for hydroxylation is 1. The minimum atomic E-state index is -0.681. The van der Waals surface area contributed by atoms with E-state index in [4.69, 9.17) is 0 Å². The van der Waals surface area contributed by atoms with Crippen molar-refractivity contribution >= 4 is 5.91 Å². The minimum absolute atomic E-state index is 0.0453. The largest absolute Gasteiger partial charge is 0.391 e. The minimum Gasteiger partial charge on any atom is -0.391 e. The van der Waals surface area contributed by atoms with Crippen molar-refractivity contribution in [3.63, 3.8) is 0 Å². The second-order valence-electron chi connectivity index (χ2n) is 8.84. The zero-order chi connectivity index (χ0) is 20.3. The van der Waals surface area contributed by atoms with Crippen molar-refractivity contribution in [3.8, 4) is 0 Å². The number of carbonyl (C=O) groups excluding carboxylic acids is 1. The van der Waals surface area contributed by atoms with E-state index in [9.17, 15) is 9.90 Å². The van der Waals surface area contributed by atoms with E-state index in [2.05, 4.69) is 36.5 Å². The lowest BCUT2D eigenvalue weighted by molar-refractivity contribution is -0.135. The summed E-state index contributed by atoms with van der Waals surface area (Å²) >= 11 is 0. The summed E-state index contributed by atoms with van der Waals surface area (Å²) in [6, 6.07) is 19.8. The van der Waals surface area contributed by atoms with Crippen molar-refractivity contribution in [2.75, 3.05) is 0 Å². The standard InChI is InChI=1S/C25H32N2O2/c1-19-14-16-25(17-15-19)26-23(22(28)13-12-20-8-4-2-5-9-20)24(29)27(25)18-21-10-6-3-7-11-21/h2-11,19,22-23,26,28H,12-18H2,1H3/t19?,22-,23+,25?/m1/s1. The molecule has 2 aromatic rings. The van der Waals surface area contributed by atoms with Gasteiger partial charge in [-0.3, -0.25) is 10.1 Å². The Kier molecular flexibility index (Phi) is 6.02. The molecule has 0 radical (unpaired) electrons. The molecule has 154 valence electrons. The second kappa shape index (κ2) is 8.68. The lowest BCUT2D eigenvalue weighted by atomic mass is 9.82. The van der Waals surface area contributed by atoms with Crippen LogP contribution in [0.1, 0.15) is 50.2 Å². The monoisotopic (exact) mass is 392 g/mol. The zero-order valence-corrected chi connectivity index (χ0v) is 17.3. The van der Waals surface area contributed by atoms with E-state index in [-0.39, 0.29) is 11.6 Å². The third-order valence-electron chi connectivity index (χ3n) is 6.71. The molecule has 0 aromatic heterocycles. The van der Waals surface area contributed by atoms with Crippen molar-refractivity contribution in [1.82, 2.24) is 10.2 Å². The maximum Gasteiger partial charge on any atom is 0.244 e. The molecule has 1 aliphatic heterocycles. The molecule has 2 fully saturated rings. The molecular weight excluding hydrogens is 360 g/mol. The molecule has 0 bridgehead atoms. The van der Waals surface area contributed by atoms with Gasteiger partial charge in [0.15, 0.2) is 0 Å². The number of carbonyl (C=O) groups is 1. The van der Waals surface area contributed by atoms with Crippen LogP contribution >= 0.6 is 0 Å². The maximum absolute atomic E-state index is 13.4. The third kappa shape index (κ3) is 4.39. The highest BCUT2D eigenvalue weighted by Crippen LogP contribution is 2.40. The Morgan fingerprint density at radius 2 is 1.62 bits per heavy atom. The summed E-state index contributed by atoms with van der Waals surface area (Å²) in [6.07, 6.45) is 4.80. The van der Waals surface area contributed by atoms with Crippen molar-refractivity contribution in [3.05, 3.63) is 71.8 Å². The molecule has 2 aromatic carbocycles. The molecule has 4 rings (SSSR count). The SMILES string of the molecule is CC1CCC2(CC1)N[C@@H]([C@H](O)CCc1ccccc1)C(=O)N2Cc1ccccc1. The number of rotatable bonds is 6. The van der Waals surface area contributed by atoms with E-state index < -0.39 is 12.1 Å². The lowest BCUT2D eigenvalue weighted by Gasteiger charge is -2.43. The Morgan fingerprint density at radius 3 is 2.24 bits per heavy atom. The van der Waals surface area contributed by atoms with Gasteiger partial charge in [0.05, 0.1) is 11.8 Å². The fourth-order valence-electron chi connectivity index (χ4n) is 4.84. The normalized spacial score (nSPS) is 28.1. The van der Waals surface area contributed by atoms with Crippen LogP contribution in [0.2, 0.25) is 0 Å². The first-order chi connectivity index (χ1) is 14.1. The summed E-state index contributed by atoms with van der Waals surface area (Å²) in [5, 5.41) is 14.5. The first-order valence-electron chi connectivity index (χ1n) is 10.9. The number of nitrogens with one attached hydrogen (secondary N) is 1. The quantitative estimate of drug-likeness (QED) is 0.784. The third-order valence-corrected chi connectivity index (χ3v) is 6.71. The number of amides is 1. The first-order valence-corrected chi connectivity index (χ1v) is 10.9. The van der Waals surface area contributed by atoms with Crippen LogP contribution in [0.25, 0.3) is 0 Å². The Hall–Kier alpha value is -2.17. The van der Waals surface area contributed by atoms with E-state index in [1.807, 2.05) is 41.3 Å². The van der Waals surface area contributed by atoms with E-state index in [0.29, 0.717) is 18.9 Å². The van der Waals surface area contributed by atoms with Crippen LogP contribution in [0, 0.1) is 5.92 Å². The van der Waals surface area contributed by atoms with Crippen molar-refractivity contribution in [2.45, 2.75) is 69.8 Å². The summed E-state index contributed by atoms with van der Waals surface area (Å²) in [5.41, 5.74) is 2.01. The van der Waals surface area contributed by atoms with Gasteiger partial charge >= 0.3 is 0 Å². The predicted molar refractivity (Wildman–Crippen MR) is 115 cm³/mol. The van der Waals surface area contributed by atoms with Gasteiger partial charge in [0.25, 0.3) is 0 Å². The fraction of sp³-hybridized carbons (Fsp3) is 0.480. The molecule has 1 heterocycles. The highest BCUT2D eigenvalue weighted by molar-refractivity contribution is 5.86. The van der Waals surface area contributed by atoms with E-state index in [0.717, 1.165) is 37.7 Å². The number of hydrogen-bond donors (Lipinski definition) is 2. The Labute approximate surface area is 173 Å². The fourth-order valence-corrected chi connectivity index (χ4v) is 4.84. The van der Waals surface area contributed by atoms with Crippen LogP contribution in [-0.4, -0.2) is 33.7 Å². The van der Waals surface area contributed by atoms with E-state index in [1.54, 1.807) is 0 Å². The van der Waals surface area contributed by atoms with Gasteiger partial charge in [0.1, 0.15) is 6.04 Å². The average Bonchev–Trinajstić information content (AvgIpc) is 3.02. The van der Waals surface area contributed by atoms with Gasteiger partial charge in [0.2, 0.25) is 5.91 Å². The Bertz CT molecular complexity index is 800. The summed E-state index contributed by atoms with van der Waals surface area (Å²) < 4.78 is 0. The molecule has 1 spiro atoms. The van der Waals surface area contributed by atoms with Crippen LogP contribution in [0.4, 0.5) is 0 Å². The zero-order valence-electron chi connectivity index (χ0n) is 17.3. The lowest BCUT2D eigenvalue weighted by Crippen LogP contribution is -2.55. The van der Waals surface area contributed by atoms with Crippen LogP contribution in [0.15, 0.2) is 60.7 Å². The molecule has 2 N–H and O–H groups in total. The summed E-state index contributed by atoms with van der Waals surface area (Å²) in [4.78, 5) is 15.4. The van der Waals surface area contributed by atoms with Crippen molar-refractivity contribution < 1.29 is 9.90 Å². The number of hydrogen-bond acceptors (Lipinski definition) is 3. The van der Waals surface area contributed by atoms with Gasteiger partial charge in [-0.05, 0) is 55.6 Å². The van der Waals surface area contributed by atoms with Crippen LogP contribution < -0.4 is 5.32 Å². The van der Waals surface area contributed by atoms with Crippen LogP contribution in [0.5, 0.6) is 0 Å². The summed E-state index contributed by atoms with van der Waals surface area (Å²) in [5.74, 6) is 0.738. The molecule has 1 aliphatic carbocycles. The number of benzene rings is 2. The predicted octanol–water partition coefficient (Wildman–Crippen LogP) is 3.89. The molecular formula is C25H32N2O2. The van der Waals surface area contributed by atoms with Crippen LogP contribution in [-0.2, 0) is 17.8 Å². The van der Waals surface area contributed by atoms with Gasteiger partial charge in [-0.1, -0.05) is 67.6 Å². The topological polar surface area (TPSA) is 52.6 Å². The average molecular weight is 393 g/mol. The molecule has 0 unspecified atom stereocenters. The number of aliphatic hydroxyl groups excluding tert-OH is 1. The van der Waals surface area contributed by atoms with E-state index >= 15 is 0 Å². The van der Waals surface area contributed by atoms with Gasteiger partial charge in [0, 0.05) is 6.54 Å². The molecule has 2 atom stereocenters. The summed E-state index contributed by atoms with van der Waals surface area (Å²) in [7, 11) is 0. The molecule has 1 saturated heterocycles. The van der Waals surface area contributed by atoms with Gasteiger partial charge in [-0.25, -0.2) is 0 Å². The highest BCUT2D eigenvalue weighted by Gasteiger charge is 2.52. The molecule has 4 nitrogen and oxygen atoms in total. The smallest absolute Gasteiger partial charge is 0.244 e. The maximum atomic E-state index is 13.4. The van der Waals surface area contributed by atoms with Gasteiger partial charge in [-0.2, -0.15) is 0 Å². The Balaban J connectivity index is 1.50. The van der Waals surface area contributed by atoms with E-state index in [1.165, 1.54) is 5.56 Å². The number of aliphatic hydroxyl groups is 1. The molecule has 29 heavy (non-hydrogen) atoms.